The van der Waals surface area contributed by atoms with Crippen LogP contribution in [0.25, 0.3) is 11.1 Å². The molecular weight excluding hydrogens is 714 g/mol. The molecule has 4 atom stereocenters. The largest absolute Gasteiger partial charge is 0.490 e. The smallest absolute Gasteiger partial charge is 0.314 e. The summed E-state index contributed by atoms with van der Waals surface area (Å²) in [6, 6.07) is 14.1. The molecule has 2 amide bonds. The minimum absolute atomic E-state index is 0.115. The molecule has 5 rings (SSSR count). The highest BCUT2D eigenvalue weighted by atomic mass is 35.5. The number of pyridine rings is 1. The molecule has 8 N–H and O–H groups in total. The maximum Gasteiger partial charge on any atom is 0.314 e. The first-order valence-corrected chi connectivity index (χ1v) is 19.2. The van der Waals surface area contributed by atoms with Crippen LogP contribution in [0.3, 0.4) is 0 Å². The van der Waals surface area contributed by atoms with Crippen molar-refractivity contribution in [2.45, 2.75) is 86.0 Å². The average Bonchev–Trinajstić information content (AvgIpc) is 4.10. The summed E-state index contributed by atoms with van der Waals surface area (Å²) in [5.74, 6) is 0.851. The van der Waals surface area contributed by atoms with Gasteiger partial charge in [0.2, 0.25) is 10.0 Å². The molecule has 0 aliphatic heterocycles. The van der Waals surface area contributed by atoms with Crippen molar-refractivity contribution >= 4 is 27.7 Å². The first-order chi connectivity index (χ1) is 24.9. The van der Waals surface area contributed by atoms with Gasteiger partial charge in [0, 0.05) is 61.7 Å². The van der Waals surface area contributed by atoms with Crippen molar-refractivity contribution in [2.75, 3.05) is 33.3 Å². The fourth-order valence-corrected chi connectivity index (χ4v) is 7.30. The van der Waals surface area contributed by atoms with Gasteiger partial charge in [-0.25, -0.2) is 17.5 Å². The second-order valence-electron chi connectivity index (χ2n) is 13.4. The molecule has 2 saturated carbocycles. The van der Waals surface area contributed by atoms with E-state index in [1.54, 1.807) is 18.3 Å². The van der Waals surface area contributed by atoms with Gasteiger partial charge in [0.1, 0.15) is 24.1 Å². The Morgan fingerprint density at radius 3 is 2.46 bits per heavy atom. The van der Waals surface area contributed by atoms with Crippen molar-refractivity contribution in [2.24, 2.45) is 0 Å². The van der Waals surface area contributed by atoms with E-state index in [0.717, 1.165) is 48.1 Å². The molecule has 16 heteroatoms. The van der Waals surface area contributed by atoms with Gasteiger partial charge in [-0.15, -0.1) is 0 Å². The number of nitrogens with zero attached hydrogens (tertiary/aromatic N) is 2. The molecule has 2 aromatic carbocycles. The van der Waals surface area contributed by atoms with Gasteiger partial charge in [0.15, 0.2) is 0 Å². The number of sulfonamides is 1. The highest BCUT2D eigenvalue weighted by Crippen LogP contribution is 2.50. The number of aliphatic hydroxyl groups excluding tert-OH is 5. The molecule has 0 saturated heterocycles. The minimum Gasteiger partial charge on any atom is -0.490 e. The van der Waals surface area contributed by atoms with E-state index < -0.39 is 53.6 Å². The number of para-hydroxylation sites is 1. The maximum atomic E-state index is 13.5. The molecule has 1 aromatic heterocycles. The van der Waals surface area contributed by atoms with Crippen molar-refractivity contribution in [1.82, 2.24) is 25.2 Å². The number of hydrogen-bond acceptors (Lipinski definition) is 11. The van der Waals surface area contributed by atoms with Crippen molar-refractivity contribution in [3.05, 3.63) is 77.1 Å². The molecule has 0 radical (unpaired) electrons. The summed E-state index contributed by atoms with van der Waals surface area (Å²) in [6.07, 6.45) is 1.89. The number of carbonyl (C=O) groups is 1. The highest BCUT2D eigenvalue weighted by molar-refractivity contribution is 7.89. The Morgan fingerprint density at radius 1 is 1.02 bits per heavy atom. The SMILES string of the molecule is CN(CCCCNC(=O)NC[C@H](O)[C@@H](O)[C@H](O)[C@H](O)CO)S(=O)(=O)c1ccc(Cl)c(CNC2(c3cnccc3-c3ccccc3OC3CC3)CC2)c1. The summed E-state index contributed by atoms with van der Waals surface area (Å²) >= 11 is 6.58. The molecule has 3 aromatic rings. The van der Waals surface area contributed by atoms with Crippen molar-refractivity contribution in [1.29, 1.82) is 0 Å². The van der Waals surface area contributed by atoms with Crippen LogP contribution in [0, 0.1) is 0 Å². The first kappa shape index (κ1) is 39.8. The van der Waals surface area contributed by atoms with Crippen LogP contribution in [0.5, 0.6) is 5.75 Å². The molecule has 284 valence electrons. The molecule has 2 aliphatic rings. The van der Waals surface area contributed by atoms with Gasteiger partial charge in [0.25, 0.3) is 0 Å². The third kappa shape index (κ3) is 9.98. The third-order valence-electron chi connectivity index (χ3n) is 9.41. The molecule has 2 fully saturated rings. The fourth-order valence-electron chi connectivity index (χ4n) is 5.85. The molecule has 0 unspecified atom stereocenters. The Balaban J connectivity index is 1.12. The number of unbranched alkanes of at least 4 members (excludes halogenated alkanes) is 1. The second-order valence-corrected chi connectivity index (χ2v) is 15.8. The minimum atomic E-state index is -3.85. The number of aromatic nitrogens is 1. The van der Waals surface area contributed by atoms with Gasteiger partial charge in [-0.05, 0) is 85.5 Å². The lowest BCUT2D eigenvalue weighted by molar-refractivity contribution is -0.113. The Labute approximate surface area is 308 Å². The van der Waals surface area contributed by atoms with E-state index in [1.165, 1.54) is 17.4 Å². The van der Waals surface area contributed by atoms with Gasteiger partial charge in [-0.2, -0.15) is 0 Å². The summed E-state index contributed by atoms with van der Waals surface area (Å²) < 4.78 is 34.5. The van der Waals surface area contributed by atoms with Crippen molar-refractivity contribution < 1.29 is 43.5 Å². The van der Waals surface area contributed by atoms with E-state index in [1.807, 2.05) is 30.5 Å². The van der Waals surface area contributed by atoms with Gasteiger partial charge in [-0.3, -0.25) is 4.98 Å². The van der Waals surface area contributed by atoms with Gasteiger partial charge in [-0.1, -0.05) is 29.8 Å². The van der Waals surface area contributed by atoms with Crippen LogP contribution in [0.4, 0.5) is 4.79 Å². The van der Waals surface area contributed by atoms with Crippen LogP contribution in [0.1, 0.15) is 49.7 Å². The average molecular weight is 762 g/mol. The third-order valence-corrected chi connectivity index (χ3v) is 11.6. The van der Waals surface area contributed by atoms with E-state index in [4.69, 9.17) is 21.4 Å². The summed E-state index contributed by atoms with van der Waals surface area (Å²) in [5, 5.41) is 56.7. The van der Waals surface area contributed by atoms with Crippen molar-refractivity contribution in [3.8, 4) is 16.9 Å². The molecule has 52 heavy (non-hydrogen) atoms. The number of halogens is 1. The van der Waals surface area contributed by atoms with Crippen LogP contribution < -0.4 is 20.7 Å². The zero-order valence-corrected chi connectivity index (χ0v) is 30.6. The summed E-state index contributed by atoms with van der Waals surface area (Å²) in [7, 11) is -2.36. The Morgan fingerprint density at radius 2 is 1.75 bits per heavy atom. The number of amides is 2. The monoisotopic (exact) mass is 761 g/mol. The zero-order chi connectivity index (χ0) is 37.5. The molecule has 1 heterocycles. The van der Waals surface area contributed by atoms with Crippen LogP contribution in [0.15, 0.2) is 65.8 Å². The van der Waals surface area contributed by atoms with Crippen LogP contribution in [0.2, 0.25) is 5.02 Å². The first-order valence-electron chi connectivity index (χ1n) is 17.4. The summed E-state index contributed by atoms with van der Waals surface area (Å²) in [5.41, 5.74) is 3.42. The molecule has 0 bridgehead atoms. The van der Waals surface area contributed by atoms with Crippen molar-refractivity contribution in [3.63, 3.8) is 0 Å². The predicted octanol–water partition coefficient (Wildman–Crippen LogP) is 1.86. The Hall–Kier alpha value is -3.38. The van der Waals surface area contributed by atoms with Gasteiger partial charge in [0.05, 0.1) is 23.7 Å². The number of benzene rings is 2. The number of hydrogen-bond donors (Lipinski definition) is 8. The van der Waals surface area contributed by atoms with Crippen LogP contribution >= 0.6 is 11.6 Å². The maximum absolute atomic E-state index is 13.5. The fraction of sp³-hybridized carbons (Fsp3) is 0.500. The quantitative estimate of drug-likeness (QED) is 0.0779. The lowest BCUT2D eigenvalue weighted by Gasteiger charge is -2.25. The number of rotatable bonds is 20. The number of urea groups is 1. The summed E-state index contributed by atoms with van der Waals surface area (Å²) in [4.78, 5) is 16.6. The highest BCUT2D eigenvalue weighted by Gasteiger charge is 2.46. The molecule has 0 spiro atoms. The molecule has 2 aliphatic carbocycles. The topological polar surface area (TPSA) is 214 Å². The predicted molar refractivity (Wildman–Crippen MR) is 194 cm³/mol. The van der Waals surface area contributed by atoms with E-state index in [2.05, 4.69) is 27.0 Å². The lowest BCUT2D eigenvalue weighted by Crippen LogP contribution is -2.50. The number of aliphatic hydroxyl groups is 5. The van der Waals surface area contributed by atoms with Gasteiger partial charge < -0.3 is 46.2 Å². The molecular formula is C36H48ClN5O9S. The lowest BCUT2D eigenvalue weighted by atomic mass is 9.94. The van der Waals surface area contributed by atoms with E-state index in [9.17, 15) is 33.6 Å². The van der Waals surface area contributed by atoms with Crippen LogP contribution in [-0.4, -0.2) is 113 Å². The Kier molecular flexibility index (Phi) is 13.5. The van der Waals surface area contributed by atoms with Gasteiger partial charge >= 0.3 is 6.03 Å². The zero-order valence-electron chi connectivity index (χ0n) is 29.0. The number of nitrogens with one attached hydrogen (secondary N) is 3. The standard InChI is InChI=1S/C36H48ClN5O9S/c1-42(17-5-4-15-39-35(48)40-21-30(44)33(46)34(47)31(45)22-43)52(49,50)25-10-11-29(37)23(18-25)19-41-36(13-14-36)28-20-38-16-12-26(28)27-6-2-3-7-32(27)51-24-8-9-24/h2-3,6-7,10-12,16,18,20,24,30-31,33-34,41,43-47H,4-5,8-9,13-15,17,19,21-22H2,1H3,(H2,39,40,48)/t30-,31+,33+,34+/m0/s1. The van der Waals surface area contributed by atoms with E-state index >= 15 is 0 Å². The second kappa shape index (κ2) is 17.6. The molecule has 14 nitrogen and oxygen atoms in total. The summed E-state index contributed by atoms with van der Waals surface area (Å²) in [6.45, 7) is -0.486. The van der Waals surface area contributed by atoms with Crippen LogP contribution in [-0.2, 0) is 22.1 Å². The normalized spacial score (nSPS) is 17.6. The Bertz CT molecular complexity index is 1780. The van der Waals surface area contributed by atoms with E-state index in [0.29, 0.717) is 30.0 Å². The van der Waals surface area contributed by atoms with E-state index in [-0.39, 0.29) is 29.6 Å². The number of carbonyl (C=O) groups excluding carboxylic acids is 1. The number of ether oxygens (including phenoxy) is 1.